The Morgan fingerprint density at radius 1 is 1.06 bits per heavy atom. The molecular weight excluding hydrogens is 669 g/mol. The predicted octanol–water partition coefficient (Wildman–Crippen LogP) is 1.67. The summed E-state index contributed by atoms with van der Waals surface area (Å²) in [6.07, 6.45) is 1.66. The first kappa shape index (κ1) is 39.7. The first-order valence-corrected chi connectivity index (χ1v) is 14.9. The molecule has 2 saturated heterocycles. The number of hydrogen-bond donors (Lipinski definition) is 5. The molecule has 5 rings (SSSR count). The van der Waals surface area contributed by atoms with Crippen LogP contribution in [0.1, 0.15) is 24.8 Å². The van der Waals surface area contributed by atoms with Crippen molar-refractivity contribution in [1.29, 1.82) is 0 Å². The van der Waals surface area contributed by atoms with E-state index < -0.39 is 36.0 Å². The maximum Gasteiger partial charge on any atom is 0.249 e. The summed E-state index contributed by atoms with van der Waals surface area (Å²) in [7, 11) is 1.66. The van der Waals surface area contributed by atoms with Crippen LogP contribution in [-0.4, -0.2) is 100 Å². The number of amides is 4. The molecule has 12 nitrogen and oxygen atoms in total. The van der Waals surface area contributed by atoms with Crippen LogP contribution in [0.25, 0.3) is 10.9 Å². The molecule has 256 valence electrons. The van der Waals surface area contributed by atoms with E-state index in [4.69, 9.17) is 5.73 Å². The Balaban J connectivity index is 0.00000256. The number of carbonyl (C=O) groups excluding carboxylic acids is 4. The van der Waals surface area contributed by atoms with E-state index in [1.807, 2.05) is 60.7 Å². The molecule has 2 aromatic carbocycles. The normalized spacial score (nSPS) is 20.6. The molecule has 0 radical (unpaired) electrons. The molecule has 47 heavy (non-hydrogen) atoms. The number of nitrogens with zero attached hydrogens (tertiary/aromatic N) is 3. The monoisotopic (exact) mass is 709 g/mol. The minimum atomic E-state index is -1.23. The average Bonchev–Trinajstić information content (AvgIpc) is 3.71. The fourth-order valence-electron chi connectivity index (χ4n) is 5.92. The van der Waals surface area contributed by atoms with Crippen molar-refractivity contribution in [2.75, 3.05) is 32.0 Å². The van der Waals surface area contributed by atoms with Crippen LogP contribution in [0.4, 0.5) is 5.69 Å². The van der Waals surface area contributed by atoms with Crippen molar-refractivity contribution in [1.82, 2.24) is 25.4 Å². The van der Waals surface area contributed by atoms with Crippen molar-refractivity contribution in [3.63, 3.8) is 0 Å². The Labute approximate surface area is 292 Å². The highest BCUT2D eigenvalue weighted by Crippen LogP contribution is 2.25. The molecule has 0 saturated carbocycles. The number of para-hydroxylation sites is 1. The predicted molar refractivity (Wildman–Crippen MR) is 187 cm³/mol. The number of anilines is 1. The Bertz CT molecular complexity index is 1520. The summed E-state index contributed by atoms with van der Waals surface area (Å²) in [4.78, 5) is 59.9. The average molecular weight is 711 g/mol. The fourth-order valence-corrected chi connectivity index (χ4v) is 5.92. The van der Waals surface area contributed by atoms with E-state index in [-0.39, 0.29) is 81.0 Å². The van der Waals surface area contributed by atoms with Gasteiger partial charge in [-0.05, 0) is 43.4 Å². The van der Waals surface area contributed by atoms with Gasteiger partial charge < -0.3 is 36.6 Å². The van der Waals surface area contributed by atoms with Gasteiger partial charge in [0.15, 0.2) is 0 Å². The summed E-state index contributed by atoms with van der Waals surface area (Å²) in [5.74, 6) is -1.46. The lowest BCUT2D eigenvalue weighted by molar-refractivity contribution is -0.138. The zero-order valence-corrected chi connectivity index (χ0v) is 28.4. The SMILES string of the molecule is CN(C(=O)CN)[C@H]1CN[C@H](C(=O)N2C[C@H](NC(=O)[C@H](O)CCc3ccccc3)C[C@H]2C(=O)Nc2cnc3ccccc3c2)C1.Cl.Cl.Cl. The molecule has 2 fully saturated rings. The third-order valence-corrected chi connectivity index (χ3v) is 8.46. The van der Waals surface area contributed by atoms with Gasteiger partial charge in [-0.3, -0.25) is 24.2 Å². The summed E-state index contributed by atoms with van der Waals surface area (Å²) < 4.78 is 0. The number of aromatic nitrogens is 1. The molecule has 6 N–H and O–H groups in total. The van der Waals surface area contributed by atoms with E-state index in [1.54, 1.807) is 18.1 Å². The van der Waals surface area contributed by atoms with E-state index in [2.05, 4.69) is 20.9 Å². The van der Waals surface area contributed by atoms with Crippen molar-refractivity contribution < 1.29 is 24.3 Å². The zero-order chi connectivity index (χ0) is 31.2. The number of likely N-dealkylation sites (N-methyl/N-ethyl adjacent to an activating group) is 1. The number of rotatable bonds is 10. The molecule has 2 aliphatic rings. The molecule has 0 unspecified atom stereocenters. The molecule has 1 aromatic heterocycles. The fraction of sp³-hybridized carbons (Fsp3) is 0.406. The van der Waals surface area contributed by atoms with Gasteiger partial charge >= 0.3 is 0 Å². The number of halogens is 3. The van der Waals surface area contributed by atoms with Crippen LogP contribution in [0, 0.1) is 0 Å². The number of nitrogens with one attached hydrogen (secondary N) is 3. The van der Waals surface area contributed by atoms with Crippen LogP contribution in [0.3, 0.4) is 0 Å². The summed E-state index contributed by atoms with van der Waals surface area (Å²) in [6, 6.07) is 16.7. The van der Waals surface area contributed by atoms with E-state index in [0.717, 1.165) is 16.5 Å². The van der Waals surface area contributed by atoms with Crippen LogP contribution in [0.5, 0.6) is 0 Å². The van der Waals surface area contributed by atoms with Gasteiger partial charge in [0, 0.05) is 37.6 Å². The van der Waals surface area contributed by atoms with Crippen LogP contribution < -0.4 is 21.7 Å². The maximum atomic E-state index is 13.8. The highest BCUT2D eigenvalue weighted by Gasteiger charge is 2.44. The second-order valence-electron chi connectivity index (χ2n) is 11.5. The Hall–Kier alpha value is -3.52. The quantitative estimate of drug-likeness (QED) is 0.212. The molecular formula is C32H42Cl3N7O5. The van der Waals surface area contributed by atoms with E-state index in [9.17, 15) is 24.3 Å². The second-order valence-corrected chi connectivity index (χ2v) is 11.5. The molecule has 0 spiro atoms. The van der Waals surface area contributed by atoms with E-state index >= 15 is 0 Å². The number of pyridine rings is 1. The molecule has 0 aliphatic carbocycles. The number of carbonyl (C=O) groups is 4. The van der Waals surface area contributed by atoms with Gasteiger partial charge in [0.05, 0.1) is 30.0 Å². The lowest BCUT2D eigenvalue weighted by Crippen LogP contribution is -2.50. The molecule has 15 heteroatoms. The van der Waals surface area contributed by atoms with Crippen molar-refractivity contribution in [2.24, 2.45) is 5.73 Å². The smallest absolute Gasteiger partial charge is 0.249 e. The second kappa shape index (κ2) is 18.1. The lowest BCUT2D eigenvalue weighted by atomic mass is 10.1. The minimum Gasteiger partial charge on any atom is -0.383 e. The molecule has 3 heterocycles. The number of aryl methyl sites for hydroxylation is 1. The van der Waals surface area contributed by atoms with Crippen molar-refractivity contribution in [2.45, 2.75) is 56.0 Å². The number of hydrogen-bond acceptors (Lipinski definition) is 8. The highest BCUT2D eigenvalue weighted by molar-refractivity contribution is 5.99. The number of benzene rings is 2. The van der Waals surface area contributed by atoms with Crippen LogP contribution in [0.2, 0.25) is 0 Å². The lowest BCUT2D eigenvalue weighted by Gasteiger charge is -2.27. The number of nitrogens with two attached hydrogens (primary N) is 1. The molecule has 3 aromatic rings. The van der Waals surface area contributed by atoms with Crippen LogP contribution in [0.15, 0.2) is 66.9 Å². The number of aliphatic hydroxyl groups is 1. The summed E-state index contributed by atoms with van der Waals surface area (Å²) in [5, 5.41) is 20.3. The third-order valence-electron chi connectivity index (χ3n) is 8.46. The summed E-state index contributed by atoms with van der Waals surface area (Å²) in [6.45, 7) is 0.395. The number of aliphatic hydroxyl groups excluding tert-OH is 1. The van der Waals surface area contributed by atoms with Crippen LogP contribution in [-0.2, 0) is 25.6 Å². The molecule has 0 bridgehead atoms. The van der Waals surface area contributed by atoms with Gasteiger partial charge in [-0.1, -0.05) is 48.5 Å². The van der Waals surface area contributed by atoms with Gasteiger partial charge in [-0.2, -0.15) is 0 Å². The van der Waals surface area contributed by atoms with Gasteiger partial charge in [0.1, 0.15) is 12.1 Å². The maximum absolute atomic E-state index is 13.8. The Morgan fingerprint density at radius 2 is 1.77 bits per heavy atom. The van der Waals surface area contributed by atoms with E-state index in [1.165, 1.54) is 4.90 Å². The van der Waals surface area contributed by atoms with Gasteiger partial charge in [-0.25, -0.2) is 0 Å². The molecule has 2 aliphatic heterocycles. The van der Waals surface area contributed by atoms with Crippen LogP contribution >= 0.6 is 37.2 Å². The van der Waals surface area contributed by atoms with Gasteiger partial charge in [0.2, 0.25) is 23.6 Å². The minimum absolute atomic E-state index is 0. The van der Waals surface area contributed by atoms with E-state index in [0.29, 0.717) is 25.1 Å². The van der Waals surface area contributed by atoms with Crippen molar-refractivity contribution >= 4 is 77.4 Å². The Kier molecular flexibility index (Phi) is 15.3. The summed E-state index contributed by atoms with van der Waals surface area (Å²) >= 11 is 0. The first-order chi connectivity index (χ1) is 21.2. The van der Waals surface area contributed by atoms with Gasteiger partial charge in [0.25, 0.3) is 0 Å². The van der Waals surface area contributed by atoms with Crippen molar-refractivity contribution in [3.8, 4) is 0 Å². The zero-order valence-electron chi connectivity index (χ0n) is 25.9. The highest BCUT2D eigenvalue weighted by atomic mass is 35.5. The van der Waals surface area contributed by atoms with Gasteiger partial charge in [-0.15, -0.1) is 37.2 Å². The largest absolute Gasteiger partial charge is 0.383 e. The molecule has 4 amide bonds. The molecule has 5 atom stereocenters. The van der Waals surface area contributed by atoms with Crippen molar-refractivity contribution in [3.05, 3.63) is 72.4 Å². The number of likely N-dealkylation sites (tertiary alicyclic amines) is 1. The topological polar surface area (TPSA) is 170 Å². The number of fused-ring (bicyclic) bond motifs is 1. The summed E-state index contributed by atoms with van der Waals surface area (Å²) in [5.41, 5.74) is 7.81. The first-order valence-electron chi connectivity index (χ1n) is 14.9. The Morgan fingerprint density at radius 3 is 2.49 bits per heavy atom. The standard InChI is InChI=1S/C32H39N7O5.3ClH/c1-38(29(41)16-33)24-15-26(35-18-24)32(44)39-19-23(37-31(43)28(40)12-11-20-7-3-2-4-8-20)14-27(39)30(42)36-22-13-21-9-5-6-10-25(21)34-17-22;;;/h2-10,13,17,23-24,26-28,35,40H,11-12,14-16,18-19,33H2,1H3,(H,36,42)(H,37,43);3*1H/t23-,24-,26+,27+,28-;;;/m1.../s1. The third kappa shape index (κ3) is 9.75.